The average molecular weight is 342 g/mol. The fourth-order valence-electron chi connectivity index (χ4n) is 2.12. The van der Waals surface area contributed by atoms with Crippen molar-refractivity contribution < 1.29 is 19.1 Å². The minimum absolute atomic E-state index is 0.0104. The largest absolute Gasteiger partial charge is 0.497 e. The maximum atomic E-state index is 11.8. The van der Waals surface area contributed by atoms with Gasteiger partial charge in [-0.1, -0.05) is 12.1 Å². The molecule has 0 aromatic heterocycles. The van der Waals surface area contributed by atoms with Crippen LogP contribution in [0.2, 0.25) is 0 Å². The van der Waals surface area contributed by atoms with Crippen LogP contribution in [0, 0.1) is 0 Å². The molecule has 132 valence electrons. The molecular weight excluding hydrogens is 320 g/mol. The molecule has 0 atom stereocenters. The number of hydrogen-bond acceptors (Lipinski definition) is 5. The second-order valence-electron chi connectivity index (χ2n) is 5.36. The Morgan fingerprint density at radius 3 is 2.44 bits per heavy atom. The normalized spacial score (nSPS) is 10.0. The molecule has 2 rings (SSSR count). The van der Waals surface area contributed by atoms with Gasteiger partial charge in [-0.05, 0) is 43.3 Å². The van der Waals surface area contributed by atoms with Gasteiger partial charge in [-0.25, -0.2) is 0 Å². The van der Waals surface area contributed by atoms with E-state index in [0.717, 1.165) is 11.4 Å². The second kappa shape index (κ2) is 9.32. The van der Waals surface area contributed by atoms with E-state index in [9.17, 15) is 9.59 Å². The number of methoxy groups -OCH3 is 1. The molecule has 0 fully saturated rings. The van der Waals surface area contributed by atoms with E-state index in [1.54, 1.807) is 25.3 Å². The molecule has 2 N–H and O–H groups in total. The average Bonchev–Trinajstić information content (AvgIpc) is 2.64. The number of carbonyl (C=O) groups is 2. The van der Waals surface area contributed by atoms with Crippen LogP contribution < -0.4 is 20.1 Å². The van der Waals surface area contributed by atoms with Crippen LogP contribution in [-0.4, -0.2) is 38.5 Å². The van der Waals surface area contributed by atoms with Crippen LogP contribution in [0.3, 0.4) is 0 Å². The third-order valence-electron chi connectivity index (χ3n) is 3.47. The molecule has 0 spiro atoms. The third kappa shape index (κ3) is 6.18. The topological polar surface area (TPSA) is 76.7 Å². The van der Waals surface area contributed by atoms with E-state index in [1.165, 1.54) is 6.92 Å². The number of carbonyl (C=O) groups excluding carboxylic acids is 2. The molecule has 0 radical (unpaired) electrons. The zero-order valence-corrected chi connectivity index (χ0v) is 14.4. The molecule has 0 unspecified atom stereocenters. The first-order chi connectivity index (χ1) is 12.1. The molecule has 2 aromatic carbocycles. The summed E-state index contributed by atoms with van der Waals surface area (Å²) < 4.78 is 10.6. The number of Topliss-reactive ketones (excluding diaryl/α,β-unsaturated/α-hetero) is 1. The van der Waals surface area contributed by atoms with E-state index in [-0.39, 0.29) is 18.2 Å². The van der Waals surface area contributed by atoms with Gasteiger partial charge in [0.05, 0.1) is 20.2 Å². The lowest BCUT2D eigenvalue weighted by atomic mass is 10.1. The van der Waals surface area contributed by atoms with E-state index >= 15 is 0 Å². The van der Waals surface area contributed by atoms with Gasteiger partial charge in [0, 0.05) is 11.3 Å². The smallest absolute Gasteiger partial charge is 0.239 e. The minimum atomic E-state index is -0.147. The summed E-state index contributed by atoms with van der Waals surface area (Å²) in [7, 11) is 1.61. The molecule has 0 saturated carbocycles. The van der Waals surface area contributed by atoms with Crippen molar-refractivity contribution in [1.82, 2.24) is 5.32 Å². The summed E-state index contributed by atoms with van der Waals surface area (Å²) in [6, 6.07) is 14.3. The predicted molar refractivity (Wildman–Crippen MR) is 96.4 cm³/mol. The van der Waals surface area contributed by atoms with Gasteiger partial charge in [0.2, 0.25) is 5.91 Å². The molecule has 0 aliphatic heterocycles. The molecule has 0 saturated heterocycles. The summed E-state index contributed by atoms with van der Waals surface area (Å²) in [6.45, 7) is 2.41. The maximum Gasteiger partial charge on any atom is 0.239 e. The summed E-state index contributed by atoms with van der Waals surface area (Å²) in [4.78, 5) is 23.2. The van der Waals surface area contributed by atoms with E-state index in [4.69, 9.17) is 9.47 Å². The number of rotatable bonds is 9. The first-order valence-corrected chi connectivity index (χ1v) is 7.97. The molecule has 0 heterocycles. The van der Waals surface area contributed by atoms with Gasteiger partial charge in [0.1, 0.15) is 18.1 Å². The van der Waals surface area contributed by atoms with Crippen LogP contribution in [0.5, 0.6) is 11.5 Å². The second-order valence-corrected chi connectivity index (χ2v) is 5.36. The van der Waals surface area contributed by atoms with Crippen molar-refractivity contribution in [2.24, 2.45) is 0 Å². The van der Waals surface area contributed by atoms with Crippen LogP contribution >= 0.6 is 0 Å². The van der Waals surface area contributed by atoms with Crippen LogP contribution in [0.4, 0.5) is 5.69 Å². The van der Waals surface area contributed by atoms with Gasteiger partial charge < -0.3 is 20.1 Å². The highest BCUT2D eigenvalue weighted by Crippen LogP contribution is 2.16. The molecule has 0 bridgehead atoms. The van der Waals surface area contributed by atoms with Crippen molar-refractivity contribution in [2.75, 3.05) is 32.1 Å². The Hall–Kier alpha value is -3.02. The summed E-state index contributed by atoms with van der Waals surface area (Å²) >= 11 is 0. The molecule has 0 aliphatic carbocycles. The van der Waals surface area contributed by atoms with Crippen LogP contribution in [-0.2, 0) is 4.79 Å². The lowest BCUT2D eigenvalue weighted by molar-refractivity contribution is -0.119. The van der Waals surface area contributed by atoms with Crippen molar-refractivity contribution in [3.63, 3.8) is 0 Å². The van der Waals surface area contributed by atoms with Crippen molar-refractivity contribution >= 4 is 17.4 Å². The van der Waals surface area contributed by atoms with Crippen LogP contribution in [0.1, 0.15) is 17.3 Å². The SMILES string of the molecule is COc1ccc(OCCNC(=O)CNc2cccc(C(C)=O)c2)cc1. The molecule has 6 heteroatoms. The number of nitrogens with one attached hydrogen (secondary N) is 2. The monoisotopic (exact) mass is 342 g/mol. The van der Waals surface area contributed by atoms with Crippen molar-refractivity contribution in [3.8, 4) is 11.5 Å². The third-order valence-corrected chi connectivity index (χ3v) is 3.47. The Kier molecular flexibility index (Phi) is 6.83. The van der Waals surface area contributed by atoms with Crippen LogP contribution in [0.15, 0.2) is 48.5 Å². The molecule has 6 nitrogen and oxygen atoms in total. The molecule has 1 amide bonds. The standard InChI is InChI=1S/C19H22N2O4/c1-14(22)15-4-3-5-16(12-15)21-13-19(23)20-10-11-25-18-8-6-17(24-2)7-9-18/h3-9,12,21H,10-11,13H2,1-2H3,(H,20,23). The first kappa shape index (κ1) is 18.3. The van der Waals surface area contributed by atoms with Gasteiger partial charge in [0.15, 0.2) is 5.78 Å². The Balaban J connectivity index is 1.66. The predicted octanol–water partition coefficient (Wildman–Crippen LogP) is 2.50. The molecule has 0 aliphatic rings. The van der Waals surface area contributed by atoms with Gasteiger partial charge in [-0.3, -0.25) is 9.59 Å². The Bertz CT molecular complexity index is 714. The maximum absolute atomic E-state index is 11.8. The quantitative estimate of drug-likeness (QED) is 0.541. The number of ether oxygens (including phenoxy) is 2. The van der Waals surface area contributed by atoms with Crippen molar-refractivity contribution in [1.29, 1.82) is 0 Å². The van der Waals surface area contributed by atoms with E-state index in [1.807, 2.05) is 30.3 Å². The summed E-state index contributed by atoms with van der Waals surface area (Å²) in [5.41, 5.74) is 1.34. The first-order valence-electron chi connectivity index (χ1n) is 7.97. The Morgan fingerprint density at radius 2 is 1.76 bits per heavy atom. The molecule has 25 heavy (non-hydrogen) atoms. The summed E-state index contributed by atoms with van der Waals surface area (Å²) in [5, 5.41) is 5.76. The summed E-state index contributed by atoms with van der Waals surface area (Å²) in [6.07, 6.45) is 0. The minimum Gasteiger partial charge on any atom is -0.497 e. The lowest BCUT2D eigenvalue weighted by Gasteiger charge is -2.10. The molecule has 2 aromatic rings. The number of hydrogen-bond donors (Lipinski definition) is 2. The number of ketones is 1. The number of amides is 1. The zero-order valence-electron chi connectivity index (χ0n) is 14.4. The van der Waals surface area contributed by atoms with Gasteiger partial charge in [-0.2, -0.15) is 0 Å². The Morgan fingerprint density at radius 1 is 1.04 bits per heavy atom. The van der Waals surface area contributed by atoms with Crippen molar-refractivity contribution in [2.45, 2.75) is 6.92 Å². The van der Waals surface area contributed by atoms with Crippen LogP contribution in [0.25, 0.3) is 0 Å². The highest BCUT2D eigenvalue weighted by Gasteiger charge is 2.03. The zero-order chi connectivity index (χ0) is 18.1. The van der Waals surface area contributed by atoms with E-state index < -0.39 is 0 Å². The fourth-order valence-corrected chi connectivity index (χ4v) is 2.12. The van der Waals surface area contributed by atoms with E-state index in [2.05, 4.69) is 10.6 Å². The number of benzene rings is 2. The van der Waals surface area contributed by atoms with Gasteiger partial charge in [-0.15, -0.1) is 0 Å². The van der Waals surface area contributed by atoms with Gasteiger partial charge >= 0.3 is 0 Å². The highest BCUT2D eigenvalue weighted by atomic mass is 16.5. The fraction of sp³-hybridized carbons (Fsp3) is 0.263. The number of anilines is 1. The van der Waals surface area contributed by atoms with Gasteiger partial charge in [0.25, 0.3) is 0 Å². The highest BCUT2D eigenvalue weighted by molar-refractivity contribution is 5.95. The molecular formula is C19H22N2O4. The summed E-state index contributed by atoms with van der Waals surface area (Å²) in [5.74, 6) is 1.32. The van der Waals surface area contributed by atoms with E-state index in [0.29, 0.717) is 24.5 Å². The lowest BCUT2D eigenvalue weighted by Crippen LogP contribution is -2.33. The van der Waals surface area contributed by atoms with Crippen molar-refractivity contribution in [3.05, 3.63) is 54.1 Å². The Labute approximate surface area is 147 Å².